The van der Waals surface area contributed by atoms with Crippen LogP contribution in [-0.2, 0) is 53.4 Å². The second-order valence-corrected chi connectivity index (χ2v) is 26.4. The summed E-state index contributed by atoms with van der Waals surface area (Å²) in [6.45, 7) is 3.59. The SMILES string of the molecule is C.COP(=O)(CN1CCN(C(=O)Oc2c3c(c(O)c4ncccc24)C(=O)N(Cc2ccc(F)cc2)C3)CC1)OC.COP(=O)(CN1CCN(C(=O)Oc2c3c(c(OC(c4ccccc4)c4ccccc4)c4ncccc24)C(=O)N(Cc2ccc(F)cc2)C3)CC1)OC. The molecule has 0 saturated carbocycles. The van der Waals surface area contributed by atoms with Crippen molar-refractivity contribution in [2.75, 3.05) is 93.4 Å². The van der Waals surface area contributed by atoms with Crippen LogP contribution in [0.1, 0.15) is 67.6 Å². The van der Waals surface area contributed by atoms with Crippen molar-refractivity contribution >= 4 is 61.0 Å². The summed E-state index contributed by atoms with van der Waals surface area (Å²) < 4.78 is 91.5. The van der Waals surface area contributed by atoms with E-state index in [0.29, 0.717) is 85.3 Å². The lowest BCUT2D eigenvalue weighted by molar-refractivity contribution is 0.0755. The molecule has 0 atom stereocenters. The van der Waals surface area contributed by atoms with E-state index in [1.54, 1.807) is 64.5 Å². The van der Waals surface area contributed by atoms with Gasteiger partial charge in [0, 0.05) is 128 Å². The van der Waals surface area contributed by atoms with E-state index in [4.69, 9.17) is 37.3 Å². The number of carbonyl (C=O) groups excluding carboxylic acids is 4. The van der Waals surface area contributed by atoms with E-state index in [1.807, 2.05) is 70.5 Å². The topological polar surface area (TPSA) is 232 Å². The smallest absolute Gasteiger partial charge is 0.415 e. The summed E-state index contributed by atoms with van der Waals surface area (Å²) in [4.78, 5) is 73.8. The monoisotopic (exact) mass is 1300 g/mol. The van der Waals surface area contributed by atoms with Gasteiger partial charge in [-0.3, -0.25) is 38.5 Å². The standard InChI is InChI=1S/C39H38FN4O7P.C26H28FN4O7P.CH4/c1-48-52(47,49-2)26-42-20-22-43(23-21-42)39(46)51-36-31-14-9-19-41-34(31)37(50-35(28-10-5-3-6-11-28)29-12-7-4-8-13-29)33-32(36)25-44(38(33)45)24-27-15-17-30(40)18-16-27;1-36-39(35,37-2)16-29-10-12-30(13-11-29)26(34)38-24-19-4-3-9-28-22(19)23(32)21-20(24)15-31(25(21)33)14-17-5-7-18(27)8-6-17;/h3-19,35H,20-26H2,1-2H3;3-9,32H,10-16H2,1-2H3;1H4. The zero-order chi connectivity index (χ0) is 64.0. The largest absolute Gasteiger partial charge is 0.505 e. The van der Waals surface area contributed by atoms with Crippen LogP contribution in [0.5, 0.6) is 23.0 Å². The normalized spacial score (nSPS) is 15.3. The first kappa shape index (κ1) is 66.2. The Balaban J connectivity index is 0.000000208. The molecule has 1 N–H and O–H groups in total. The fourth-order valence-electron chi connectivity index (χ4n) is 11.5. The number of ether oxygens (including phenoxy) is 3. The van der Waals surface area contributed by atoms with Crippen molar-refractivity contribution in [3.8, 4) is 23.0 Å². The van der Waals surface area contributed by atoms with Crippen LogP contribution in [0.2, 0.25) is 0 Å². The van der Waals surface area contributed by atoms with Crippen LogP contribution < -0.4 is 14.2 Å². The summed E-state index contributed by atoms with van der Waals surface area (Å²) in [6, 6.07) is 38.1. The Labute approximate surface area is 530 Å². The summed E-state index contributed by atoms with van der Waals surface area (Å²) in [7, 11) is -1.13. The third-order valence-electron chi connectivity index (χ3n) is 16.4. The summed E-state index contributed by atoms with van der Waals surface area (Å²) in [6.07, 6.45) is 1.52. The molecule has 6 heterocycles. The lowest BCUT2D eigenvalue weighted by Gasteiger charge is -2.35. The van der Waals surface area contributed by atoms with Crippen LogP contribution in [0.4, 0.5) is 18.4 Å². The first-order chi connectivity index (χ1) is 44.0. The van der Waals surface area contributed by atoms with E-state index in [1.165, 1.54) is 68.7 Å². The van der Waals surface area contributed by atoms with Crippen molar-refractivity contribution in [3.05, 3.63) is 202 Å². The van der Waals surface area contributed by atoms with Crippen LogP contribution in [0.3, 0.4) is 0 Å². The number of benzene rings is 6. The lowest BCUT2D eigenvalue weighted by Crippen LogP contribution is -2.49. The molecule has 12 rings (SSSR count). The Morgan fingerprint density at radius 3 is 1.34 bits per heavy atom. The number of fused-ring (bicyclic) bond motifs is 4. The van der Waals surface area contributed by atoms with Gasteiger partial charge in [0.25, 0.3) is 11.8 Å². The molecule has 6 aromatic carbocycles. The molecule has 4 aliphatic rings. The zero-order valence-corrected chi connectivity index (χ0v) is 52.1. The van der Waals surface area contributed by atoms with E-state index in [0.717, 1.165) is 16.7 Å². The molecule has 8 aromatic rings. The number of phenols is 1. The maximum Gasteiger partial charge on any atom is 0.415 e. The van der Waals surface area contributed by atoms with Crippen molar-refractivity contribution in [1.82, 2.24) is 39.4 Å². The third kappa shape index (κ3) is 14.3. The Hall–Kier alpha value is -8.70. The fraction of sp³-hybridized carbons (Fsp3) is 0.303. The van der Waals surface area contributed by atoms with Crippen LogP contribution in [0, 0.1) is 11.6 Å². The Kier molecular flexibility index (Phi) is 20.8. The Bertz CT molecular complexity index is 4030. The molecule has 26 heteroatoms. The van der Waals surface area contributed by atoms with E-state index < -0.39 is 39.4 Å². The van der Waals surface area contributed by atoms with Gasteiger partial charge in [0.2, 0.25) is 0 Å². The maximum atomic E-state index is 14.5. The fourth-order valence-corrected chi connectivity index (χ4v) is 13.8. The summed E-state index contributed by atoms with van der Waals surface area (Å²) >= 11 is 0. The number of aromatic hydroxyl groups is 1. The van der Waals surface area contributed by atoms with Gasteiger partial charge < -0.3 is 57.0 Å². The van der Waals surface area contributed by atoms with Gasteiger partial charge in [-0.15, -0.1) is 0 Å². The van der Waals surface area contributed by atoms with Gasteiger partial charge in [0.15, 0.2) is 11.5 Å². The molecule has 2 fully saturated rings. The highest BCUT2D eigenvalue weighted by Gasteiger charge is 2.41. The van der Waals surface area contributed by atoms with Gasteiger partial charge >= 0.3 is 27.4 Å². The van der Waals surface area contributed by atoms with Gasteiger partial charge in [-0.2, -0.15) is 0 Å². The van der Waals surface area contributed by atoms with Gasteiger partial charge in [-0.05, 0) is 70.8 Å². The van der Waals surface area contributed by atoms with Crippen molar-refractivity contribution in [1.29, 1.82) is 0 Å². The van der Waals surface area contributed by atoms with Gasteiger partial charge in [-0.1, -0.05) is 92.4 Å². The van der Waals surface area contributed by atoms with Crippen molar-refractivity contribution in [2.45, 2.75) is 39.7 Å². The summed E-state index contributed by atoms with van der Waals surface area (Å²) in [5.74, 6) is -1.12. The van der Waals surface area contributed by atoms with Crippen LogP contribution in [-0.4, -0.2) is 162 Å². The average Bonchev–Trinajstić information content (AvgIpc) is 1.54. The van der Waals surface area contributed by atoms with Crippen molar-refractivity contribution in [2.24, 2.45) is 0 Å². The Morgan fingerprint density at radius 2 is 0.913 bits per heavy atom. The molecule has 0 radical (unpaired) electrons. The number of phenolic OH excluding ortho intramolecular Hbond substituents is 1. The first-order valence-electron chi connectivity index (χ1n) is 29.2. The van der Waals surface area contributed by atoms with Crippen molar-refractivity contribution in [3.63, 3.8) is 0 Å². The van der Waals surface area contributed by atoms with E-state index in [9.17, 15) is 42.2 Å². The highest BCUT2D eigenvalue weighted by Crippen LogP contribution is 2.50. The second-order valence-electron chi connectivity index (χ2n) is 21.9. The number of aromatic nitrogens is 2. The minimum Gasteiger partial charge on any atom is -0.505 e. The Morgan fingerprint density at radius 1 is 0.522 bits per heavy atom. The number of carbonyl (C=O) groups is 4. The first-order valence-corrected chi connectivity index (χ1v) is 32.6. The second kappa shape index (κ2) is 28.9. The molecule has 22 nitrogen and oxygen atoms in total. The molecule has 0 bridgehead atoms. The van der Waals surface area contributed by atoms with Crippen LogP contribution in [0.15, 0.2) is 146 Å². The number of halogens is 2. The van der Waals surface area contributed by atoms with Crippen molar-refractivity contribution < 1.29 is 74.5 Å². The predicted molar refractivity (Wildman–Crippen MR) is 339 cm³/mol. The molecule has 0 aliphatic carbocycles. The van der Waals surface area contributed by atoms with Gasteiger partial charge in [-0.25, -0.2) is 18.4 Å². The van der Waals surface area contributed by atoms with Gasteiger partial charge in [0.1, 0.15) is 52.8 Å². The minimum absolute atomic E-state index is 0. The average molecular weight is 1300 g/mol. The molecule has 92 heavy (non-hydrogen) atoms. The molecule has 4 aliphatic heterocycles. The summed E-state index contributed by atoms with van der Waals surface area (Å²) in [5.41, 5.74) is 4.89. The molecular formula is C66H70F2N8O14P2. The number of rotatable bonds is 18. The van der Waals surface area contributed by atoms with Crippen LogP contribution in [0.25, 0.3) is 21.8 Å². The number of amides is 4. The van der Waals surface area contributed by atoms with E-state index in [2.05, 4.69) is 4.98 Å². The lowest BCUT2D eigenvalue weighted by atomic mass is 9.99. The quantitative estimate of drug-likeness (QED) is 0.0787. The molecule has 0 spiro atoms. The highest BCUT2D eigenvalue weighted by atomic mass is 31.2. The number of nitrogens with zero attached hydrogens (tertiary/aromatic N) is 8. The zero-order valence-electron chi connectivity index (χ0n) is 50.3. The number of piperazine rings is 2. The predicted octanol–water partition coefficient (Wildman–Crippen LogP) is 11.7. The van der Waals surface area contributed by atoms with Gasteiger partial charge in [0.05, 0.1) is 24.2 Å². The maximum absolute atomic E-state index is 14.5. The molecule has 482 valence electrons. The number of hydrogen-bond donors (Lipinski definition) is 1. The number of hydrogen-bond acceptors (Lipinski definition) is 18. The van der Waals surface area contributed by atoms with E-state index >= 15 is 0 Å². The van der Waals surface area contributed by atoms with E-state index in [-0.39, 0.29) is 103 Å². The summed E-state index contributed by atoms with van der Waals surface area (Å²) in [5, 5.41) is 11.9. The third-order valence-corrected chi connectivity index (χ3v) is 20.1. The minimum atomic E-state index is -3.26. The van der Waals surface area contributed by atoms with Crippen LogP contribution >= 0.6 is 15.2 Å². The highest BCUT2D eigenvalue weighted by molar-refractivity contribution is 7.54. The molecule has 0 unspecified atom stereocenters. The molecule has 2 aromatic heterocycles. The molecule has 2 saturated heterocycles. The number of pyridine rings is 2. The molecule has 4 amide bonds. The molecular weight excluding hydrogens is 1230 g/mol.